The van der Waals surface area contributed by atoms with Crippen LogP contribution in [0.3, 0.4) is 0 Å². The Hall–Kier alpha value is -2.95. The van der Waals surface area contributed by atoms with Crippen LogP contribution >= 0.6 is 0 Å². The van der Waals surface area contributed by atoms with Crippen molar-refractivity contribution in [1.29, 1.82) is 0 Å². The highest BCUT2D eigenvalue weighted by molar-refractivity contribution is 5.98. The number of carboxylic acids is 1. The number of benzene rings is 2. The number of carbonyl (C=O) groups excluding carboxylic acids is 2. The van der Waals surface area contributed by atoms with Crippen LogP contribution < -0.4 is 5.32 Å². The second-order valence-corrected chi connectivity index (χ2v) is 5.44. The highest BCUT2D eigenvalue weighted by atomic mass is 16.4. The van der Waals surface area contributed by atoms with E-state index in [0.717, 1.165) is 5.56 Å². The predicted molar refractivity (Wildman–Crippen MR) is 89.7 cm³/mol. The summed E-state index contributed by atoms with van der Waals surface area (Å²) < 4.78 is 0. The normalized spacial score (nSPS) is 11.5. The Morgan fingerprint density at radius 2 is 1.46 bits per heavy atom. The van der Waals surface area contributed by atoms with E-state index in [9.17, 15) is 19.5 Å². The molecule has 24 heavy (non-hydrogen) atoms. The summed E-state index contributed by atoms with van der Waals surface area (Å²) in [5.74, 6) is -1.68. The lowest BCUT2D eigenvalue weighted by atomic mass is 10.0. The molecule has 124 valence electrons. The molecule has 0 aliphatic carbocycles. The van der Waals surface area contributed by atoms with Gasteiger partial charge in [0.05, 0.1) is 0 Å². The molecule has 2 N–H and O–H groups in total. The van der Waals surface area contributed by atoms with Crippen molar-refractivity contribution < 1.29 is 19.5 Å². The molecule has 0 heterocycles. The van der Waals surface area contributed by atoms with Crippen molar-refractivity contribution in [2.75, 3.05) is 0 Å². The lowest BCUT2D eigenvalue weighted by Crippen LogP contribution is -2.42. The van der Waals surface area contributed by atoms with Crippen molar-refractivity contribution in [2.45, 2.75) is 25.3 Å². The summed E-state index contributed by atoms with van der Waals surface area (Å²) in [6.45, 7) is 0. The average Bonchev–Trinajstić information content (AvgIpc) is 2.60. The van der Waals surface area contributed by atoms with E-state index in [-0.39, 0.29) is 25.0 Å². The third kappa shape index (κ3) is 5.35. The maximum absolute atomic E-state index is 12.0. The van der Waals surface area contributed by atoms with E-state index in [1.807, 2.05) is 24.3 Å². The van der Waals surface area contributed by atoms with Crippen molar-refractivity contribution in [3.63, 3.8) is 0 Å². The van der Waals surface area contributed by atoms with Gasteiger partial charge in [-0.2, -0.15) is 0 Å². The van der Waals surface area contributed by atoms with Crippen LogP contribution in [-0.4, -0.2) is 28.8 Å². The van der Waals surface area contributed by atoms with Crippen LogP contribution in [0.4, 0.5) is 0 Å². The zero-order valence-corrected chi connectivity index (χ0v) is 13.1. The van der Waals surface area contributed by atoms with Crippen molar-refractivity contribution in [3.05, 3.63) is 71.8 Å². The molecular formula is C19H19NO4. The Kier molecular flexibility index (Phi) is 6.25. The van der Waals surface area contributed by atoms with Gasteiger partial charge in [-0.25, -0.2) is 4.79 Å². The molecular weight excluding hydrogens is 306 g/mol. The second-order valence-electron chi connectivity index (χ2n) is 5.44. The maximum atomic E-state index is 12.0. The topological polar surface area (TPSA) is 83.5 Å². The van der Waals surface area contributed by atoms with Gasteiger partial charge in [-0.15, -0.1) is 0 Å². The lowest BCUT2D eigenvalue weighted by molar-refractivity contribution is -0.141. The first-order valence-corrected chi connectivity index (χ1v) is 7.70. The highest BCUT2D eigenvalue weighted by Crippen LogP contribution is 2.07. The summed E-state index contributed by atoms with van der Waals surface area (Å²) in [6, 6.07) is 16.8. The molecule has 0 spiro atoms. The fourth-order valence-corrected chi connectivity index (χ4v) is 2.31. The number of hydrogen-bond acceptors (Lipinski definition) is 3. The SMILES string of the molecule is O=C(CCC(=O)c1ccccc1)NC(Cc1ccccc1)C(=O)O. The standard InChI is InChI=1S/C19H19NO4/c21-17(15-9-5-2-6-10-15)11-12-18(22)20-16(19(23)24)13-14-7-3-1-4-8-14/h1-10,16H,11-13H2,(H,20,22)(H,23,24). The molecule has 0 aliphatic heterocycles. The van der Waals surface area contributed by atoms with Crippen LogP contribution in [0.1, 0.15) is 28.8 Å². The van der Waals surface area contributed by atoms with E-state index in [4.69, 9.17) is 0 Å². The van der Waals surface area contributed by atoms with E-state index < -0.39 is 17.9 Å². The molecule has 0 aliphatic rings. The Balaban J connectivity index is 1.87. The zero-order valence-electron chi connectivity index (χ0n) is 13.1. The minimum Gasteiger partial charge on any atom is -0.480 e. The summed E-state index contributed by atoms with van der Waals surface area (Å²) in [5.41, 5.74) is 1.37. The third-order valence-corrected chi connectivity index (χ3v) is 3.59. The molecule has 0 saturated carbocycles. The lowest BCUT2D eigenvalue weighted by Gasteiger charge is -2.14. The number of hydrogen-bond donors (Lipinski definition) is 2. The van der Waals surface area contributed by atoms with Gasteiger partial charge < -0.3 is 10.4 Å². The van der Waals surface area contributed by atoms with Crippen LogP contribution in [0.15, 0.2) is 60.7 Å². The molecule has 2 aromatic carbocycles. The van der Waals surface area contributed by atoms with Crippen LogP contribution in [-0.2, 0) is 16.0 Å². The fourth-order valence-electron chi connectivity index (χ4n) is 2.31. The Bertz CT molecular complexity index is 698. The van der Waals surface area contributed by atoms with Crippen molar-refractivity contribution in [3.8, 4) is 0 Å². The minimum absolute atomic E-state index is 0.0354. The molecule has 0 radical (unpaired) electrons. The monoisotopic (exact) mass is 325 g/mol. The summed E-state index contributed by atoms with van der Waals surface area (Å²) >= 11 is 0. The van der Waals surface area contributed by atoms with Crippen molar-refractivity contribution in [2.24, 2.45) is 0 Å². The number of aliphatic carboxylic acids is 1. The number of rotatable bonds is 8. The fraction of sp³-hybridized carbons (Fsp3) is 0.211. The summed E-state index contributed by atoms with van der Waals surface area (Å²) in [6.07, 6.45) is 0.217. The molecule has 5 heteroatoms. The van der Waals surface area contributed by atoms with Gasteiger partial charge in [0.25, 0.3) is 0 Å². The Morgan fingerprint density at radius 1 is 0.875 bits per heavy atom. The summed E-state index contributed by atoms with van der Waals surface area (Å²) in [4.78, 5) is 35.2. The predicted octanol–water partition coefficient (Wildman–Crippen LogP) is 2.46. The Labute approximate surface area is 140 Å². The number of amides is 1. The number of carboxylic acid groups (broad SMARTS) is 1. The molecule has 0 aromatic heterocycles. The van der Waals surface area contributed by atoms with E-state index in [1.165, 1.54) is 0 Å². The van der Waals surface area contributed by atoms with E-state index in [1.54, 1.807) is 36.4 Å². The molecule has 2 rings (SSSR count). The number of Topliss-reactive ketones (excluding diaryl/α,β-unsaturated/α-hetero) is 1. The molecule has 1 unspecified atom stereocenters. The number of carbonyl (C=O) groups is 3. The minimum atomic E-state index is -1.10. The summed E-state index contributed by atoms with van der Waals surface area (Å²) in [5, 5.41) is 11.7. The maximum Gasteiger partial charge on any atom is 0.326 e. The molecule has 0 saturated heterocycles. The van der Waals surface area contributed by atoms with Crippen LogP contribution in [0, 0.1) is 0 Å². The smallest absolute Gasteiger partial charge is 0.326 e. The van der Waals surface area contributed by atoms with Gasteiger partial charge >= 0.3 is 5.97 Å². The first kappa shape index (κ1) is 17.4. The van der Waals surface area contributed by atoms with Gasteiger partial charge in [-0.1, -0.05) is 60.7 Å². The molecule has 1 amide bonds. The first-order chi connectivity index (χ1) is 11.6. The molecule has 1 atom stereocenters. The van der Waals surface area contributed by atoms with Crippen LogP contribution in [0.5, 0.6) is 0 Å². The highest BCUT2D eigenvalue weighted by Gasteiger charge is 2.20. The first-order valence-electron chi connectivity index (χ1n) is 7.70. The van der Waals surface area contributed by atoms with Gasteiger partial charge in [-0.05, 0) is 5.56 Å². The molecule has 5 nitrogen and oxygen atoms in total. The van der Waals surface area contributed by atoms with Gasteiger partial charge in [0.15, 0.2) is 5.78 Å². The molecule has 0 fully saturated rings. The largest absolute Gasteiger partial charge is 0.480 e. The van der Waals surface area contributed by atoms with Crippen molar-refractivity contribution in [1.82, 2.24) is 5.32 Å². The third-order valence-electron chi connectivity index (χ3n) is 3.59. The number of ketones is 1. The molecule has 0 bridgehead atoms. The van der Waals surface area contributed by atoms with Gasteiger partial charge in [0.2, 0.25) is 5.91 Å². The van der Waals surface area contributed by atoms with Gasteiger partial charge in [-0.3, -0.25) is 9.59 Å². The van der Waals surface area contributed by atoms with Crippen molar-refractivity contribution >= 4 is 17.7 Å². The van der Waals surface area contributed by atoms with Crippen LogP contribution in [0.25, 0.3) is 0 Å². The van der Waals surface area contributed by atoms with E-state index in [0.29, 0.717) is 5.56 Å². The van der Waals surface area contributed by atoms with E-state index >= 15 is 0 Å². The van der Waals surface area contributed by atoms with Gasteiger partial charge in [0, 0.05) is 24.8 Å². The average molecular weight is 325 g/mol. The Morgan fingerprint density at radius 3 is 2.04 bits per heavy atom. The zero-order chi connectivity index (χ0) is 17.4. The second kappa shape index (κ2) is 8.62. The molecule has 2 aromatic rings. The van der Waals surface area contributed by atoms with Crippen LogP contribution in [0.2, 0.25) is 0 Å². The quantitative estimate of drug-likeness (QED) is 0.730. The number of nitrogens with one attached hydrogen (secondary N) is 1. The summed E-state index contributed by atoms with van der Waals surface area (Å²) in [7, 11) is 0. The van der Waals surface area contributed by atoms with E-state index in [2.05, 4.69) is 5.32 Å². The van der Waals surface area contributed by atoms with Gasteiger partial charge in [0.1, 0.15) is 6.04 Å².